The van der Waals surface area contributed by atoms with Crippen molar-refractivity contribution in [3.8, 4) is 0 Å². The number of rotatable bonds is 4. The Labute approximate surface area is 139 Å². The normalized spacial score (nSPS) is 23.4. The van der Waals surface area contributed by atoms with E-state index in [1.807, 2.05) is 28.1 Å². The number of amides is 2. The smallest absolute Gasteiger partial charge is 0.237 e. The molecular formula is C15H21N3O2S2. The van der Waals surface area contributed by atoms with E-state index < -0.39 is 0 Å². The van der Waals surface area contributed by atoms with Gasteiger partial charge in [-0.05, 0) is 11.4 Å². The number of thiophene rings is 1. The van der Waals surface area contributed by atoms with Crippen molar-refractivity contribution < 1.29 is 9.59 Å². The van der Waals surface area contributed by atoms with Gasteiger partial charge >= 0.3 is 0 Å². The highest BCUT2D eigenvalue weighted by molar-refractivity contribution is 7.99. The molecular weight excluding hydrogens is 318 g/mol. The second kappa shape index (κ2) is 7.48. The molecule has 1 unspecified atom stereocenters. The largest absolute Gasteiger partial charge is 0.353 e. The minimum absolute atomic E-state index is 0.0115. The van der Waals surface area contributed by atoms with Crippen LogP contribution in [-0.4, -0.2) is 65.3 Å². The number of piperazine rings is 1. The summed E-state index contributed by atoms with van der Waals surface area (Å²) in [6, 6.07) is 3.77. The monoisotopic (exact) mass is 339 g/mol. The molecule has 0 radical (unpaired) electrons. The molecule has 2 saturated heterocycles. The summed E-state index contributed by atoms with van der Waals surface area (Å²) in [5, 5.41) is 4.94. The summed E-state index contributed by atoms with van der Waals surface area (Å²) in [6.07, 6.45) is 0.294. The molecule has 1 N–H and O–H groups in total. The van der Waals surface area contributed by atoms with Gasteiger partial charge in [-0.25, -0.2) is 0 Å². The highest BCUT2D eigenvalue weighted by Crippen LogP contribution is 2.19. The molecule has 0 aromatic carbocycles. The molecule has 1 atom stereocenters. The van der Waals surface area contributed by atoms with E-state index in [-0.39, 0.29) is 17.9 Å². The average Bonchev–Trinajstić information content (AvgIpc) is 3.04. The number of hydrogen-bond acceptors (Lipinski definition) is 5. The first-order valence-electron chi connectivity index (χ1n) is 7.64. The summed E-state index contributed by atoms with van der Waals surface area (Å²) in [6.45, 7) is 3.83. The van der Waals surface area contributed by atoms with Crippen LogP contribution in [0, 0.1) is 0 Å². The highest BCUT2D eigenvalue weighted by Gasteiger charge is 2.33. The zero-order valence-corrected chi connectivity index (χ0v) is 14.1. The van der Waals surface area contributed by atoms with E-state index in [0.29, 0.717) is 13.0 Å². The average molecular weight is 339 g/mol. The van der Waals surface area contributed by atoms with Gasteiger partial charge in [-0.1, -0.05) is 6.07 Å². The lowest BCUT2D eigenvalue weighted by Gasteiger charge is -2.36. The van der Waals surface area contributed by atoms with E-state index in [2.05, 4.69) is 16.3 Å². The van der Waals surface area contributed by atoms with Crippen LogP contribution in [0.15, 0.2) is 17.5 Å². The zero-order valence-electron chi connectivity index (χ0n) is 12.5. The van der Waals surface area contributed by atoms with Gasteiger partial charge < -0.3 is 10.2 Å². The molecule has 3 rings (SSSR count). The van der Waals surface area contributed by atoms with Crippen molar-refractivity contribution in [2.45, 2.75) is 19.0 Å². The summed E-state index contributed by atoms with van der Waals surface area (Å²) in [5.74, 6) is 2.10. The molecule has 0 saturated carbocycles. The standard InChI is InChI=1S/C15H21N3O2S2/c19-14(17-5-8-21-9-6-17)10-13-15(20)16-3-4-18(13)11-12-2-1-7-22-12/h1-2,7,13H,3-6,8-11H2,(H,16,20). The predicted molar refractivity (Wildman–Crippen MR) is 90.0 cm³/mol. The first-order valence-corrected chi connectivity index (χ1v) is 9.67. The molecule has 0 bridgehead atoms. The Morgan fingerprint density at radius 3 is 2.86 bits per heavy atom. The number of hydrogen-bond donors (Lipinski definition) is 1. The van der Waals surface area contributed by atoms with Crippen molar-refractivity contribution in [2.75, 3.05) is 37.7 Å². The molecule has 1 aromatic rings. The quantitative estimate of drug-likeness (QED) is 0.890. The van der Waals surface area contributed by atoms with Gasteiger partial charge in [0.25, 0.3) is 0 Å². The van der Waals surface area contributed by atoms with E-state index in [1.54, 1.807) is 11.3 Å². The van der Waals surface area contributed by atoms with Crippen LogP contribution in [-0.2, 0) is 16.1 Å². The van der Waals surface area contributed by atoms with E-state index in [0.717, 1.165) is 37.7 Å². The Morgan fingerprint density at radius 2 is 2.14 bits per heavy atom. The Balaban J connectivity index is 1.64. The van der Waals surface area contributed by atoms with Gasteiger partial charge in [0.1, 0.15) is 0 Å². The Hall–Kier alpha value is -1.05. The molecule has 0 spiro atoms. The summed E-state index contributed by atoms with van der Waals surface area (Å²) >= 11 is 3.58. The van der Waals surface area contributed by atoms with Crippen LogP contribution in [0.3, 0.4) is 0 Å². The van der Waals surface area contributed by atoms with E-state index in [4.69, 9.17) is 0 Å². The van der Waals surface area contributed by atoms with Crippen LogP contribution >= 0.6 is 23.1 Å². The Morgan fingerprint density at radius 1 is 1.32 bits per heavy atom. The van der Waals surface area contributed by atoms with Crippen LogP contribution in [0.2, 0.25) is 0 Å². The third-order valence-corrected chi connectivity index (χ3v) is 5.92. The highest BCUT2D eigenvalue weighted by atomic mass is 32.2. The molecule has 2 aliphatic heterocycles. The fourth-order valence-electron chi connectivity index (χ4n) is 2.88. The van der Waals surface area contributed by atoms with Gasteiger partial charge in [0, 0.05) is 49.1 Å². The van der Waals surface area contributed by atoms with E-state index in [9.17, 15) is 9.59 Å². The number of carbonyl (C=O) groups excluding carboxylic acids is 2. The summed E-state index contributed by atoms with van der Waals surface area (Å²) in [7, 11) is 0. The number of nitrogens with zero attached hydrogens (tertiary/aromatic N) is 2. The first-order chi connectivity index (χ1) is 10.7. The Kier molecular flexibility index (Phi) is 5.38. The lowest BCUT2D eigenvalue weighted by Crippen LogP contribution is -2.56. The topological polar surface area (TPSA) is 52.7 Å². The van der Waals surface area contributed by atoms with Crippen LogP contribution < -0.4 is 5.32 Å². The van der Waals surface area contributed by atoms with Gasteiger partial charge in [-0.2, -0.15) is 11.8 Å². The lowest BCUT2D eigenvalue weighted by molar-refractivity contribution is -0.138. The van der Waals surface area contributed by atoms with Crippen molar-refractivity contribution in [1.82, 2.24) is 15.1 Å². The maximum Gasteiger partial charge on any atom is 0.237 e. The van der Waals surface area contributed by atoms with Gasteiger partial charge in [0.2, 0.25) is 11.8 Å². The molecule has 5 nitrogen and oxygen atoms in total. The summed E-state index contributed by atoms with van der Waals surface area (Å²) < 4.78 is 0. The first kappa shape index (κ1) is 15.8. The molecule has 2 aliphatic rings. The van der Waals surface area contributed by atoms with Gasteiger partial charge in [0.15, 0.2) is 0 Å². The van der Waals surface area contributed by atoms with Gasteiger partial charge in [-0.15, -0.1) is 11.3 Å². The van der Waals surface area contributed by atoms with Crippen molar-refractivity contribution in [1.29, 1.82) is 0 Å². The molecule has 2 fully saturated rings. The minimum Gasteiger partial charge on any atom is -0.353 e. The molecule has 1 aromatic heterocycles. The summed E-state index contributed by atoms with van der Waals surface area (Å²) in [4.78, 5) is 30.0. The van der Waals surface area contributed by atoms with Crippen LogP contribution in [0.4, 0.5) is 0 Å². The SMILES string of the molecule is O=C1NCCN(Cc2cccs2)C1CC(=O)N1CCSCC1. The van der Waals surface area contributed by atoms with Crippen molar-refractivity contribution >= 4 is 34.9 Å². The van der Waals surface area contributed by atoms with Crippen LogP contribution in [0.5, 0.6) is 0 Å². The maximum atomic E-state index is 12.5. The molecule has 22 heavy (non-hydrogen) atoms. The lowest BCUT2D eigenvalue weighted by atomic mass is 10.1. The molecule has 3 heterocycles. The molecule has 0 aliphatic carbocycles. The third kappa shape index (κ3) is 3.83. The van der Waals surface area contributed by atoms with E-state index >= 15 is 0 Å². The number of carbonyl (C=O) groups is 2. The second-order valence-electron chi connectivity index (χ2n) is 5.55. The number of thioether (sulfide) groups is 1. The predicted octanol–water partition coefficient (Wildman–Crippen LogP) is 1.01. The van der Waals surface area contributed by atoms with Crippen LogP contribution in [0.25, 0.3) is 0 Å². The van der Waals surface area contributed by atoms with Crippen molar-refractivity contribution in [3.05, 3.63) is 22.4 Å². The summed E-state index contributed by atoms with van der Waals surface area (Å²) in [5.41, 5.74) is 0. The zero-order chi connectivity index (χ0) is 15.4. The molecule has 7 heteroatoms. The van der Waals surface area contributed by atoms with Crippen LogP contribution in [0.1, 0.15) is 11.3 Å². The fraction of sp³-hybridized carbons (Fsp3) is 0.600. The third-order valence-electron chi connectivity index (χ3n) is 4.11. The van der Waals surface area contributed by atoms with Crippen molar-refractivity contribution in [2.24, 2.45) is 0 Å². The molecule has 120 valence electrons. The van der Waals surface area contributed by atoms with E-state index in [1.165, 1.54) is 4.88 Å². The fourth-order valence-corrected chi connectivity index (χ4v) is 4.52. The number of nitrogens with one attached hydrogen (secondary N) is 1. The molecule has 2 amide bonds. The van der Waals surface area contributed by atoms with Gasteiger partial charge in [-0.3, -0.25) is 14.5 Å². The van der Waals surface area contributed by atoms with Crippen molar-refractivity contribution in [3.63, 3.8) is 0 Å². The minimum atomic E-state index is -0.335. The Bertz CT molecular complexity index is 515. The maximum absolute atomic E-state index is 12.5. The second-order valence-corrected chi connectivity index (χ2v) is 7.81. The van der Waals surface area contributed by atoms with Gasteiger partial charge in [0.05, 0.1) is 12.5 Å².